The van der Waals surface area contributed by atoms with Crippen molar-refractivity contribution in [1.29, 1.82) is 0 Å². The minimum absolute atomic E-state index is 0.00273. The van der Waals surface area contributed by atoms with Crippen molar-refractivity contribution < 1.29 is 9.59 Å². The second-order valence-electron chi connectivity index (χ2n) is 6.55. The first-order chi connectivity index (χ1) is 12.1. The smallest absolute Gasteiger partial charge is 0.254 e. The molecule has 0 saturated carbocycles. The van der Waals surface area contributed by atoms with Crippen LogP contribution in [0, 0.1) is 0 Å². The highest BCUT2D eigenvalue weighted by molar-refractivity contribution is 5.97. The molecule has 0 radical (unpaired) electrons. The second kappa shape index (κ2) is 7.51. The lowest BCUT2D eigenvalue weighted by Gasteiger charge is -2.28. The molecule has 0 aromatic heterocycles. The molecule has 4 heteroatoms. The fraction of sp³-hybridized carbons (Fsp3) is 0.333. The van der Waals surface area contributed by atoms with E-state index in [1.54, 1.807) is 4.90 Å². The lowest BCUT2D eigenvalue weighted by molar-refractivity contribution is -0.119. The van der Waals surface area contributed by atoms with Gasteiger partial charge >= 0.3 is 0 Å². The minimum Gasteiger partial charge on any atom is -0.335 e. The van der Waals surface area contributed by atoms with Gasteiger partial charge in [0.2, 0.25) is 5.91 Å². The van der Waals surface area contributed by atoms with E-state index < -0.39 is 0 Å². The molecule has 0 bridgehead atoms. The molecule has 2 aromatic carbocycles. The third-order valence-corrected chi connectivity index (χ3v) is 4.93. The molecule has 1 aliphatic heterocycles. The number of carbonyl (C=O) groups is 2. The summed E-state index contributed by atoms with van der Waals surface area (Å²) in [6, 6.07) is 17.4. The monoisotopic (exact) mass is 336 g/mol. The van der Waals surface area contributed by atoms with E-state index in [0.717, 1.165) is 30.6 Å². The average molecular weight is 336 g/mol. The van der Waals surface area contributed by atoms with Crippen molar-refractivity contribution in [3.63, 3.8) is 0 Å². The van der Waals surface area contributed by atoms with Crippen molar-refractivity contribution in [2.24, 2.45) is 0 Å². The van der Waals surface area contributed by atoms with Crippen molar-refractivity contribution >= 4 is 17.5 Å². The van der Waals surface area contributed by atoms with E-state index in [-0.39, 0.29) is 17.9 Å². The Hall–Kier alpha value is -2.62. The fourth-order valence-corrected chi connectivity index (χ4v) is 3.20. The maximum atomic E-state index is 12.8. The molecule has 2 aromatic rings. The fourth-order valence-electron chi connectivity index (χ4n) is 3.20. The van der Waals surface area contributed by atoms with Gasteiger partial charge in [0.1, 0.15) is 0 Å². The van der Waals surface area contributed by atoms with Gasteiger partial charge in [0.25, 0.3) is 5.91 Å². The summed E-state index contributed by atoms with van der Waals surface area (Å²) in [5.41, 5.74) is 2.62. The molecule has 25 heavy (non-hydrogen) atoms. The quantitative estimate of drug-likeness (QED) is 0.845. The Bertz CT molecular complexity index is 740. The zero-order valence-corrected chi connectivity index (χ0v) is 14.8. The Balaban J connectivity index is 1.73. The van der Waals surface area contributed by atoms with Crippen LogP contribution in [0.5, 0.6) is 0 Å². The van der Waals surface area contributed by atoms with Crippen molar-refractivity contribution in [2.75, 3.05) is 18.5 Å². The van der Waals surface area contributed by atoms with Crippen LogP contribution < -0.4 is 4.90 Å². The summed E-state index contributed by atoms with van der Waals surface area (Å²) in [7, 11) is 1.82. The van der Waals surface area contributed by atoms with Gasteiger partial charge < -0.3 is 9.80 Å². The summed E-state index contributed by atoms with van der Waals surface area (Å²) in [5.74, 6) is 0.146. The number of rotatable bonds is 4. The highest BCUT2D eigenvalue weighted by atomic mass is 16.2. The first-order valence-corrected chi connectivity index (χ1v) is 8.80. The summed E-state index contributed by atoms with van der Waals surface area (Å²) in [6.07, 6.45) is 2.61. The first-order valence-electron chi connectivity index (χ1n) is 8.80. The van der Waals surface area contributed by atoms with Gasteiger partial charge in [0.05, 0.1) is 6.04 Å². The summed E-state index contributed by atoms with van der Waals surface area (Å²) < 4.78 is 0. The van der Waals surface area contributed by atoms with E-state index in [1.807, 2.05) is 73.5 Å². The van der Waals surface area contributed by atoms with Crippen LogP contribution in [-0.4, -0.2) is 30.3 Å². The van der Waals surface area contributed by atoms with Gasteiger partial charge in [0.15, 0.2) is 0 Å². The molecule has 130 valence electrons. The minimum atomic E-state index is -0.0205. The molecule has 0 N–H and O–H groups in total. The standard InChI is InChI=1S/C21H24N2O2/c1-16(17-8-4-3-5-9-17)22(2)21(25)18-11-13-19(14-12-18)23-15-7-6-10-20(23)24/h3-5,8-9,11-14,16H,6-7,10,15H2,1-2H3. The predicted molar refractivity (Wildman–Crippen MR) is 99.6 cm³/mol. The van der Waals surface area contributed by atoms with Crippen LogP contribution >= 0.6 is 0 Å². The van der Waals surface area contributed by atoms with Gasteiger partial charge in [-0.2, -0.15) is 0 Å². The Morgan fingerprint density at radius 2 is 1.72 bits per heavy atom. The van der Waals surface area contributed by atoms with Crippen LogP contribution in [0.4, 0.5) is 5.69 Å². The molecule has 1 fully saturated rings. The normalized spacial score (nSPS) is 15.8. The van der Waals surface area contributed by atoms with Crippen LogP contribution in [0.15, 0.2) is 54.6 Å². The largest absolute Gasteiger partial charge is 0.335 e. The van der Waals surface area contributed by atoms with Crippen LogP contribution in [-0.2, 0) is 4.79 Å². The highest BCUT2D eigenvalue weighted by Crippen LogP contribution is 2.24. The molecule has 1 saturated heterocycles. The van der Waals surface area contributed by atoms with E-state index in [1.165, 1.54) is 0 Å². The van der Waals surface area contributed by atoms with Crippen molar-refractivity contribution in [2.45, 2.75) is 32.2 Å². The molecule has 0 aliphatic carbocycles. The number of carbonyl (C=O) groups excluding carboxylic acids is 2. The molecule has 4 nitrogen and oxygen atoms in total. The van der Waals surface area contributed by atoms with Gasteiger partial charge in [-0.3, -0.25) is 9.59 Å². The number of piperidine rings is 1. The van der Waals surface area contributed by atoms with Gasteiger partial charge in [-0.05, 0) is 49.6 Å². The number of amides is 2. The molecule has 1 heterocycles. The van der Waals surface area contributed by atoms with E-state index >= 15 is 0 Å². The van der Waals surface area contributed by atoms with Crippen LogP contribution in [0.3, 0.4) is 0 Å². The lowest BCUT2D eigenvalue weighted by atomic mass is 10.1. The van der Waals surface area contributed by atoms with Gasteiger partial charge in [-0.15, -0.1) is 0 Å². The SMILES string of the molecule is CC(c1ccccc1)N(C)C(=O)c1ccc(N2CCCCC2=O)cc1. The zero-order valence-electron chi connectivity index (χ0n) is 14.8. The van der Waals surface area contributed by atoms with Crippen molar-refractivity contribution in [1.82, 2.24) is 4.90 Å². The summed E-state index contributed by atoms with van der Waals surface area (Å²) >= 11 is 0. The number of nitrogens with zero attached hydrogens (tertiary/aromatic N) is 2. The molecular formula is C21H24N2O2. The van der Waals surface area contributed by atoms with E-state index in [2.05, 4.69) is 0 Å². The topological polar surface area (TPSA) is 40.6 Å². The van der Waals surface area contributed by atoms with E-state index in [0.29, 0.717) is 12.0 Å². The molecule has 1 aliphatic rings. The summed E-state index contributed by atoms with van der Waals surface area (Å²) in [6.45, 7) is 2.78. The van der Waals surface area contributed by atoms with Gasteiger partial charge in [0, 0.05) is 31.3 Å². The summed E-state index contributed by atoms with van der Waals surface area (Å²) in [5, 5.41) is 0. The van der Waals surface area contributed by atoms with Gasteiger partial charge in [-0.25, -0.2) is 0 Å². The molecular weight excluding hydrogens is 312 g/mol. The maximum Gasteiger partial charge on any atom is 0.254 e. The van der Waals surface area contributed by atoms with Crippen molar-refractivity contribution in [3.8, 4) is 0 Å². The molecule has 3 rings (SSSR count). The number of hydrogen-bond donors (Lipinski definition) is 0. The molecule has 1 unspecified atom stereocenters. The molecule has 0 spiro atoms. The number of anilines is 1. The number of hydrogen-bond acceptors (Lipinski definition) is 2. The Kier molecular flexibility index (Phi) is 5.17. The Morgan fingerprint density at radius 3 is 2.36 bits per heavy atom. The maximum absolute atomic E-state index is 12.8. The second-order valence-corrected chi connectivity index (χ2v) is 6.55. The van der Waals surface area contributed by atoms with E-state index in [4.69, 9.17) is 0 Å². The third-order valence-electron chi connectivity index (χ3n) is 4.93. The Labute approximate surface area is 149 Å². The van der Waals surface area contributed by atoms with Crippen LogP contribution in [0.1, 0.15) is 48.1 Å². The highest BCUT2D eigenvalue weighted by Gasteiger charge is 2.21. The van der Waals surface area contributed by atoms with E-state index in [9.17, 15) is 9.59 Å². The predicted octanol–water partition coefficient (Wildman–Crippen LogP) is 4.04. The third kappa shape index (κ3) is 3.73. The lowest BCUT2D eigenvalue weighted by Crippen LogP contribution is -2.35. The molecule has 1 atom stereocenters. The van der Waals surface area contributed by atoms with Crippen LogP contribution in [0.25, 0.3) is 0 Å². The average Bonchev–Trinajstić information content (AvgIpc) is 2.67. The first kappa shape index (κ1) is 17.2. The van der Waals surface area contributed by atoms with Crippen LogP contribution in [0.2, 0.25) is 0 Å². The summed E-state index contributed by atoms with van der Waals surface area (Å²) in [4.78, 5) is 28.3. The van der Waals surface area contributed by atoms with Crippen molar-refractivity contribution in [3.05, 3.63) is 65.7 Å². The zero-order chi connectivity index (χ0) is 17.8. The number of benzene rings is 2. The van der Waals surface area contributed by atoms with Gasteiger partial charge in [-0.1, -0.05) is 30.3 Å². The molecule has 2 amide bonds. The Morgan fingerprint density at radius 1 is 1.04 bits per heavy atom.